The van der Waals surface area contributed by atoms with Gasteiger partial charge >= 0.3 is 0 Å². The van der Waals surface area contributed by atoms with Crippen LogP contribution in [0.15, 0.2) is 18.2 Å². The van der Waals surface area contributed by atoms with Crippen molar-refractivity contribution in [3.63, 3.8) is 0 Å². The molecule has 0 atom stereocenters. The van der Waals surface area contributed by atoms with E-state index >= 15 is 0 Å². The molecule has 1 saturated carbocycles. The van der Waals surface area contributed by atoms with Crippen LogP contribution in [0.5, 0.6) is 0 Å². The zero-order valence-corrected chi connectivity index (χ0v) is 11.7. The van der Waals surface area contributed by atoms with Crippen molar-refractivity contribution < 1.29 is 9.18 Å². The zero-order valence-electron chi connectivity index (χ0n) is 11.7. The molecule has 0 bridgehead atoms. The fourth-order valence-corrected chi connectivity index (χ4v) is 2.66. The SMILES string of the molecule is Cc1cc(C(=O)NCC2CCC(C)CC2)ccc1F. The molecule has 19 heavy (non-hydrogen) atoms. The van der Waals surface area contributed by atoms with Gasteiger partial charge in [0.25, 0.3) is 5.91 Å². The highest BCUT2D eigenvalue weighted by atomic mass is 19.1. The molecular formula is C16H22FNO. The summed E-state index contributed by atoms with van der Waals surface area (Å²) >= 11 is 0. The summed E-state index contributed by atoms with van der Waals surface area (Å²) in [5, 5.41) is 2.97. The van der Waals surface area contributed by atoms with E-state index in [1.165, 1.54) is 31.7 Å². The largest absolute Gasteiger partial charge is 0.352 e. The fourth-order valence-electron chi connectivity index (χ4n) is 2.66. The minimum Gasteiger partial charge on any atom is -0.352 e. The predicted octanol–water partition coefficient (Wildman–Crippen LogP) is 3.69. The van der Waals surface area contributed by atoms with Gasteiger partial charge in [-0.25, -0.2) is 4.39 Å². The fraction of sp³-hybridized carbons (Fsp3) is 0.562. The number of amides is 1. The number of halogens is 1. The summed E-state index contributed by atoms with van der Waals surface area (Å²) in [4.78, 5) is 12.0. The molecule has 1 aromatic carbocycles. The summed E-state index contributed by atoms with van der Waals surface area (Å²) in [6, 6.07) is 4.50. The number of carbonyl (C=O) groups is 1. The van der Waals surface area contributed by atoms with Gasteiger partial charge in [-0.05, 0) is 55.4 Å². The number of rotatable bonds is 3. The Morgan fingerprint density at radius 1 is 1.32 bits per heavy atom. The molecule has 0 unspecified atom stereocenters. The normalized spacial score (nSPS) is 23.1. The van der Waals surface area contributed by atoms with Crippen LogP contribution in [0.4, 0.5) is 4.39 Å². The molecule has 0 aliphatic heterocycles. The van der Waals surface area contributed by atoms with E-state index in [1.807, 2.05) is 0 Å². The predicted molar refractivity (Wildman–Crippen MR) is 74.6 cm³/mol. The number of hydrogen-bond donors (Lipinski definition) is 1. The number of carbonyl (C=O) groups excluding carboxylic acids is 1. The van der Waals surface area contributed by atoms with Crippen molar-refractivity contribution in [2.75, 3.05) is 6.54 Å². The van der Waals surface area contributed by atoms with Crippen LogP contribution >= 0.6 is 0 Å². The topological polar surface area (TPSA) is 29.1 Å². The van der Waals surface area contributed by atoms with E-state index < -0.39 is 0 Å². The van der Waals surface area contributed by atoms with E-state index in [2.05, 4.69) is 12.2 Å². The Hall–Kier alpha value is -1.38. The third kappa shape index (κ3) is 3.79. The molecule has 0 spiro atoms. The van der Waals surface area contributed by atoms with Gasteiger partial charge in [0.2, 0.25) is 0 Å². The van der Waals surface area contributed by atoms with Gasteiger partial charge in [-0.2, -0.15) is 0 Å². The van der Waals surface area contributed by atoms with Crippen LogP contribution in [-0.4, -0.2) is 12.5 Å². The molecule has 1 aliphatic carbocycles. The number of hydrogen-bond acceptors (Lipinski definition) is 1. The van der Waals surface area contributed by atoms with Crippen molar-refractivity contribution in [3.05, 3.63) is 35.1 Å². The second-order valence-electron chi connectivity index (χ2n) is 5.80. The molecule has 1 amide bonds. The molecule has 3 heteroatoms. The van der Waals surface area contributed by atoms with E-state index in [4.69, 9.17) is 0 Å². The highest BCUT2D eigenvalue weighted by Crippen LogP contribution is 2.27. The number of aryl methyl sites for hydroxylation is 1. The lowest BCUT2D eigenvalue weighted by atomic mass is 9.83. The van der Waals surface area contributed by atoms with Gasteiger partial charge in [0, 0.05) is 12.1 Å². The van der Waals surface area contributed by atoms with E-state index in [0.717, 1.165) is 12.5 Å². The van der Waals surface area contributed by atoms with Crippen molar-refractivity contribution in [3.8, 4) is 0 Å². The summed E-state index contributed by atoms with van der Waals surface area (Å²) in [7, 11) is 0. The standard InChI is InChI=1S/C16H22FNO/c1-11-3-5-13(6-4-11)10-18-16(19)14-7-8-15(17)12(2)9-14/h7-9,11,13H,3-6,10H2,1-2H3,(H,18,19). The maximum absolute atomic E-state index is 13.1. The highest BCUT2D eigenvalue weighted by molar-refractivity contribution is 5.94. The van der Waals surface area contributed by atoms with Gasteiger partial charge < -0.3 is 5.32 Å². The third-order valence-electron chi connectivity index (χ3n) is 4.11. The first-order valence-corrected chi connectivity index (χ1v) is 7.10. The summed E-state index contributed by atoms with van der Waals surface area (Å²) in [5.41, 5.74) is 1.06. The van der Waals surface area contributed by atoms with Crippen molar-refractivity contribution in [1.82, 2.24) is 5.32 Å². The van der Waals surface area contributed by atoms with Gasteiger partial charge in [0.05, 0.1) is 0 Å². The maximum atomic E-state index is 13.1. The minimum absolute atomic E-state index is 0.0956. The van der Waals surface area contributed by atoms with Crippen molar-refractivity contribution in [2.24, 2.45) is 11.8 Å². The molecule has 0 radical (unpaired) electrons. The number of nitrogens with one attached hydrogen (secondary N) is 1. The third-order valence-corrected chi connectivity index (χ3v) is 4.11. The lowest BCUT2D eigenvalue weighted by Gasteiger charge is -2.26. The van der Waals surface area contributed by atoms with Crippen LogP contribution in [0, 0.1) is 24.6 Å². The summed E-state index contributed by atoms with van der Waals surface area (Å²) < 4.78 is 13.1. The average Bonchev–Trinajstić information content (AvgIpc) is 2.41. The van der Waals surface area contributed by atoms with Crippen LogP contribution in [0.1, 0.15) is 48.5 Å². The monoisotopic (exact) mass is 263 g/mol. The second kappa shape index (κ2) is 6.18. The molecule has 1 fully saturated rings. The summed E-state index contributed by atoms with van der Waals surface area (Å²) in [6.45, 7) is 4.70. The molecule has 0 saturated heterocycles. The summed E-state index contributed by atoms with van der Waals surface area (Å²) in [5.74, 6) is 1.06. The Kier molecular flexibility index (Phi) is 4.56. The molecular weight excluding hydrogens is 241 g/mol. The van der Waals surface area contributed by atoms with Crippen molar-refractivity contribution in [1.29, 1.82) is 0 Å². The maximum Gasteiger partial charge on any atom is 0.251 e. The van der Waals surface area contributed by atoms with Crippen molar-refractivity contribution in [2.45, 2.75) is 39.5 Å². The summed E-state index contributed by atoms with van der Waals surface area (Å²) in [6.07, 6.45) is 4.92. The van der Waals surface area contributed by atoms with Crippen LogP contribution in [0.25, 0.3) is 0 Å². The molecule has 1 N–H and O–H groups in total. The first kappa shape index (κ1) is 14.0. The first-order chi connectivity index (χ1) is 9.06. The Balaban J connectivity index is 1.85. The zero-order chi connectivity index (χ0) is 13.8. The Labute approximate surface area is 114 Å². The molecule has 1 aromatic rings. The lowest BCUT2D eigenvalue weighted by Crippen LogP contribution is -2.31. The molecule has 1 aliphatic rings. The van der Waals surface area contributed by atoms with E-state index in [9.17, 15) is 9.18 Å². The second-order valence-corrected chi connectivity index (χ2v) is 5.80. The van der Waals surface area contributed by atoms with Gasteiger partial charge in [-0.1, -0.05) is 19.8 Å². The van der Waals surface area contributed by atoms with Crippen LogP contribution in [-0.2, 0) is 0 Å². The Bertz CT molecular complexity index is 450. The van der Waals surface area contributed by atoms with E-state index in [0.29, 0.717) is 17.0 Å². The van der Waals surface area contributed by atoms with Gasteiger partial charge in [-0.15, -0.1) is 0 Å². The minimum atomic E-state index is -0.266. The van der Waals surface area contributed by atoms with E-state index in [-0.39, 0.29) is 11.7 Å². The van der Waals surface area contributed by atoms with Gasteiger partial charge in [-0.3, -0.25) is 4.79 Å². The van der Waals surface area contributed by atoms with Crippen molar-refractivity contribution >= 4 is 5.91 Å². The highest BCUT2D eigenvalue weighted by Gasteiger charge is 2.19. The van der Waals surface area contributed by atoms with Crippen LogP contribution < -0.4 is 5.32 Å². The Morgan fingerprint density at radius 3 is 2.63 bits per heavy atom. The molecule has 2 nitrogen and oxygen atoms in total. The number of benzene rings is 1. The lowest BCUT2D eigenvalue weighted by molar-refractivity contribution is 0.0941. The van der Waals surface area contributed by atoms with Gasteiger partial charge in [0.1, 0.15) is 5.82 Å². The Morgan fingerprint density at radius 2 is 2.00 bits per heavy atom. The molecule has 104 valence electrons. The van der Waals surface area contributed by atoms with Crippen LogP contribution in [0.3, 0.4) is 0 Å². The van der Waals surface area contributed by atoms with Gasteiger partial charge in [0.15, 0.2) is 0 Å². The average molecular weight is 263 g/mol. The smallest absolute Gasteiger partial charge is 0.251 e. The first-order valence-electron chi connectivity index (χ1n) is 7.10. The molecule has 0 aromatic heterocycles. The quantitative estimate of drug-likeness (QED) is 0.885. The van der Waals surface area contributed by atoms with Crippen LogP contribution in [0.2, 0.25) is 0 Å². The molecule has 0 heterocycles. The molecule has 2 rings (SSSR count). The van der Waals surface area contributed by atoms with E-state index in [1.54, 1.807) is 19.1 Å².